The first-order chi connectivity index (χ1) is 5.40. The monoisotopic (exact) mass is 153 g/mol. The first kappa shape index (κ1) is 6.82. The molecule has 0 spiro atoms. The van der Waals surface area contributed by atoms with Gasteiger partial charge in [-0.2, -0.15) is 5.10 Å². The van der Waals surface area contributed by atoms with Crippen LogP contribution in [0.2, 0.25) is 0 Å². The largest absolute Gasteiger partial charge is 0.357 e. The molecule has 0 fully saturated rings. The van der Waals surface area contributed by atoms with Crippen molar-refractivity contribution in [3.05, 3.63) is 17.5 Å². The van der Waals surface area contributed by atoms with E-state index in [0.717, 1.165) is 12.1 Å². The number of fused-ring (bicyclic) bond motifs is 1. The SMILES string of the molecule is CNC1Cc2cn[nH]c2CO1. The Kier molecular flexibility index (Phi) is 1.63. The van der Waals surface area contributed by atoms with Crippen molar-refractivity contribution in [2.24, 2.45) is 0 Å². The summed E-state index contributed by atoms with van der Waals surface area (Å²) in [6.07, 6.45) is 2.92. The van der Waals surface area contributed by atoms with Crippen molar-refractivity contribution in [2.45, 2.75) is 19.3 Å². The van der Waals surface area contributed by atoms with Crippen molar-refractivity contribution < 1.29 is 4.74 Å². The minimum absolute atomic E-state index is 0.153. The highest BCUT2D eigenvalue weighted by molar-refractivity contribution is 5.18. The third-order valence-electron chi connectivity index (χ3n) is 1.96. The second kappa shape index (κ2) is 2.64. The van der Waals surface area contributed by atoms with Crippen LogP contribution in [-0.4, -0.2) is 23.5 Å². The molecule has 4 heteroatoms. The van der Waals surface area contributed by atoms with Gasteiger partial charge < -0.3 is 4.74 Å². The van der Waals surface area contributed by atoms with E-state index in [-0.39, 0.29) is 6.23 Å². The summed E-state index contributed by atoms with van der Waals surface area (Å²) in [5.41, 5.74) is 2.37. The quantitative estimate of drug-likeness (QED) is 0.598. The first-order valence-corrected chi connectivity index (χ1v) is 3.70. The molecule has 1 unspecified atom stereocenters. The topological polar surface area (TPSA) is 49.9 Å². The second-order valence-corrected chi connectivity index (χ2v) is 2.67. The molecule has 2 N–H and O–H groups in total. The Morgan fingerprint density at radius 2 is 2.73 bits per heavy atom. The number of hydrogen-bond donors (Lipinski definition) is 2. The highest BCUT2D eigenvalue weighted by Crippen LogP contribution is 2.15. The van der Waals surface area contributed by atoms with E-state index in [1.165, 1.54) is 5.56 Å². The predicted octanol–water partition coefficient (Wildman–Crippen LogP) is 0.0279. The van der Waals surface area contributed by atoms with Gasteiger partial charge in [0.2, 0.25) is 0 Å². The fourth-order valence-electron chi connectivity index (χ4n) is 1.27. The van der Waals surface area contributed by atoms with Gasteiger partial charge in [0.1, 0.15) is 6.23 Å². The minimum Gasteiger partial charge on any atom is -0.357 e. The van der Waals surface area contributed by atoms with E-state index in [4.69, 9.17) is 4.74 Å². The number of H-pyrrole nitrogens is 1. The average Bonchev–Trinajstić information content (AvgIpc) is 2.50. The molecular weight excluding hydrogens is 142 g/mol. The zero-order valence-corrected chi connectivity index (χ0v) is 6.42. The van der Waals surface area contributed by atoms with Gasteiger partial charge >= 0.3 is 0 Å². The fraction of sp³-hybridized carbons (Fsp3) is 0.571. The zero-order valence-electron chi connectivity index (χ0n) is 6.42. The van der Waals surface area contributed by atoms with Crippen molar-refractivity contribution >= 4 is 0 Å². The summed E-state index contributed by atoms with van der Waals surface area (Å²) in [7, 11) is 1.90. The molecule has 1 aliphatic rings. The lowest BCUT2D eigenvalue weighted by atomic mass is 10.1. The van der Waals surface area contributed by atoms with Crippen LogP contribution in [0.1, 0.15) is 11.3 Å². The first-order valence-electron chi connectivity index (χ1n) is 3.70. The molecule has 1 aromatic heterocycles. The van der Waals surface area contributed by atoms with Crippen LogP contribution in [0.4, 0.5) is 0 Å². The molecule has 1 aromatic rings. The molecule has 1 atom stereocenters. The standard InChI is InChI=1S/C7H11N3O/c1-8-7-2-5-3-9-10-6(5)4-11-7/h3,7-8H,2,4H2,1H3,(H,9,10). The van der Waals surface area contributed by atoms with E-state index < -0.39 is 0 Å². The third kappa shape index (κ3) is 1.15. The molecule has 0 saturated carbocycles. The minimum atomic E-state index is 0.153. The van der Waals surface area contributed by atoms with E-state index in [0.29, 0.717) is 6.61 Å². The molecule has 4 nitrogen and oxygen atoms in total. The Morgan fingerprint density at radius 3 is 3.55 bits per heavy atom. The van der Waals surface area contributed by atoms with Gasteiger partial charge in [0.15, 0.2) is 0 Å². The third-order valence-corrected chi connectivity index (χ3v) is 1.96. The summed E-state index contributed by atoms with van der Waals surface area (Å²) in [4.78, 5) is 0. The normalized spacial score (nSPS) is 23.2. The molecule has 11 heavy (non-hydrogen) atoms. The number of likely N-dealkylation sites (N-methyl/N-ethyl adjacent to an activating group) is 1. The Morgan fingerprint density at radius 1 is 1.82 bits per heavy atom. The van der Waals surface area contributed by atoms with Gasteiger partial charge in [-0.05, 0) is 12.6 Å². The van der Waals surface area contributed by atoms with E-state index in [2.05, 4.69) is 15.5 Å². The summed E-state index contributed by atoms with van der Waals surface area (Å²) in [5, 5.41) is 9.91. The van der Waals surface area contributed by atoms with Gasteiger partial charge in [0, 0.05) is 6.42 Å². The van der Waals surface area contributed by atoms with E-state index in [1.54, 1.807) is 0 Å². The second-order valence-electron chi connectivity index (χ2n) is 2.67. The van der Waals surface area contributed by atoms with Crippen molar-refractivity contribution in [3.8, 4) is 0 Å². The molecule has 0 aromatic carbocycles. The number of ether oxygens (including phenoxy) is 1. The summed E-state index contributed by atoms with van der Waals surface area (Å²) in [6.45, 7) is 0.640. The lowest BCUT2D eigenvalue weighted by Crippen LogP contribution is -2.33. The molecule has 60 valence electrons. The van der Waals surface area contributed by atoms with Crippen molar-refractivity contribution in [3.63, 3.8) is 0 Å². The molecule has 0 saturated heterocycles. The van der Waals surface area contributed by atoms with Gasteiger partial charge in [-0.3, -0.25) is 10.4 Å². The van der Waals surface area contributed by atoms with Crippen LogP contribution in [0.5, 0.6) is 0 Å². The van der Waals surface area contributed by atoms with Crippen molar-refractivity contribution in [1.29, 1.82) is 0 Å². The van der Waals surface area contributed by atoms with Crippen LogP contribution >= 0.6 is 0 Å². The van der Waals surface area contributed by atoms with Crippen LogP contribution < -0.4 is 5.32 Å². The number of nitrogens with one attached hydrogen (secondary N) is 2. The average molecular weight is 153 g/mol. The van der Waals surface area contributed by atoms with Crippen LogP contribution in [-0.2, 0) is 17.8 Å². The number of aromatic amines is 1. The van der Waals surface area contributed by atoms with Gasteiger partial charge in [0.05, 0.1) is 18.5 Å². The van der Waals surface area contributed by atoms with Gasteiger partial charge in [0.25, 0.3) is 0 Å². The summed E-state index contributed by atoms with van der Waals surface area (Å²) >= 11 is 0. The van der Waals surface area contributed by atoms with E-state index >= 15 is 0 Å². The molecule has 0 amide bonds. The number of rotatable bonds is 1. The maximum absolute atomic E-state index is 5.43. The Labute approximate surface area is 64.9 Å². The van der Waals surface area contributed by atoms with Crippen molar-refractivity contribution in [1.82, 2.24) is 15.5 Å². The molecule has 2 rings (SSSR count). The van der Waals surface area contributed by atoms with Crippen molar-refractivity contribution in [2.75, 3.05) is 7.05 Å². The van der Waals surface area contributed by atoms with Gasteiger partial charge in [-0.25, -0.2) is 0 Å². The van der Waals surface area contributed by atoms with Gasteiger partial charge in [-0.15, -0.1) is 0 Å². The maximum atomic E-state index is 5.43. The molecule has 1 aliphatic heterocycles. The fourth-order valence-corrected chi connectivity index (χ4v) is 1.27. The number of aromatic nitrogens is 2. The molecule has 0 radical (unpaired) electrons. The Hall–Kier alpha value is -0.870. The number of nitrogens with zero attached hydrogens (tertiary/aromatic N) is 1. The highest BCUT2D eigenvalue weighted by Gasteiger charge is 2.18. The van der Waals surface area contributed by atoms with E-state index in [1.807, 2.05) is 13.2 Å². The lowest BCUT2D eigenvalue weighted by molar-refractivity contribution is 0.00976. The molecule has 0 aliphatic carbocycles. The summed E-state index contributed by atoms with van der Waals surface area (Å²) < 4.78 is 5.43. The van der Waals surface area contributed by atoms with Crippen LogP contribution in [0.25, 0.3) is 0 Å². The lowest BCUT2D eigenvalue weighted by Gasteiger charge is -2.21. The zero-order chi connectivity index (χ0) is 7.68. The summed E-state index contributed by atoms with van der Waals surface area (Å²) in [6, 6.07) is 0. The number of hydrogen-bond acceptors (Lipinski definition) is 3. The van der Waals surface area contributed by atoms with Crippen LogP contribution in [0, 0.1) is 0 Å². The van der Waals surface area contributed by atoms with Crippen LogP contribution in [0.15, 0.2) is 6.20 Å². The predicted molar refractivity (Wildman–Crippen MR) is 39.9 cm³/mol. The summed E-state index contributed by atoms with van der Waals surface area (Å²) in [5.74, 6) is 0. The van der Waals surface area contributed by atoms with Crippen LogP contribution in [0.3, 0.4) is 0 Å². The maximum Gasteiger partial charge on any atom is 0.112 e. The highest BCUT2D eigenvalue weighted by atomic mass is 16.5. The van der Waals surface area contributed by atoms with Gasteiger partial charge in [-0.1, -0.05) is 0 Å². The van der Waals surface area contributed by atoms with E-state index in [9.17, 15) is 0 Å². The Bertz CT molecular complexity index is 246. The smallest absolute Gasteiger partial charge is 0.112 e. The molecular formula is C7H11N3O. The molecule has 2 heterocycles. The molecule has 0 bridgehead atoms. The Balaban J connectivity index is 2.18.